The Morgan fingerprint density at radius 2 is 1.61 bits per heavy atom. The van der Waals surface area contributed by atoms with E-state index in [1.165, 1.54) is 42.5 Å². The summed E-state index contributed by atoms with van der Waals surface area (Å²) in [5.74, 6) is 6.73. The maximum Gasteiger partial charge on any atom is 0.0595 e. The van der Waals surface area contributed by atoms with Crippen LogP contribution in [0.2, 0.25) is 0 Å². The molecule has 3 rings (SSSR count). The van der Waals surface area contributed by atoms with Gasteiger partial charge in [-0.25, -0.2) is 5.84 Å². The van der Waals surface area contributed by atoms with Gasteiger partial charge in [-0.05, 0) is 47.8 Å². The Balaban J connectivity index is 2.26. The summed E-state index contributed by atoms with van der Waals surface area (Å²) in [7, 11) is 0. The first-order valence-electron chi connectivity index (χ1n) is 9.15. The van der Waals surface area contributed by atoms with Crippen molar-refractivity contribution in [3.63, 3.8) is 0 Å². The van der Waals surface area contributed by atoms with Crippen molar-refractivity contribution in [3.05, 3.63) is 29.3 Å². The van der Waals surface area contributed by atoms with Gasteiger partial charge in [0, 0.05) is 5.41 Å². The zero-order valence-corrected chi connectivity index (χ0v) is 16.1. The van der Waals surface area contributed by atoms with Gasteiger partial charge in [-0.3, -0.25) is 0 Å². The molecule has 1 aliphatic heterocycles. The minimum absolute atomic E-state index is 0.0327. The van der Waals surface area contributed by atoms with E-state index in [2.05, 4.69) is 71.7 Å². The fourth-order valence-electron chi connectivity index (χ4n) is 5.14. The lowest BCUT2D eigenvalue weighted by Crippen LogP contribution is -2.70. The molecule has 1 aliphatic carbocycles. The Morgan fingerprint density at radius 3 is 2.22 bits per heavy atom. The van der Waals surface area contributed by atoms with Gasteiger partial charge in [-0.2, -0.15) is 0 Å². The van der Waals surface area contributed by atoms with Crippen LogP contribution in [0.4, 0.5) is 5.69 Å². The summed E-state index contributed by atoms with van der Waals surface area (Å²) in [5.41, 5.74) is 4.56. The molecule has 0 amide bonds. The van der Waals surface area contributed by atoms with Gasteiger partial charge in [0.05, 0.1) is 11.2 Å². The molecule has 1 aromatic rings. The molecule has 0 spiro atoms. The first-order chi connectivity index (χ1) is 10.5. The van der Waals surface area contributed by atoms with Crippen LogP contribution < -0.4 is 10.9 Å². The van der Waals surface area contributed by atoms with Gasteiger partial charge in [0.2, 0.25) is 0 Å². The quantitative estimate of drug-likeness (QED) is 0.659. The normalized spacial score (nSPS) is 33.1. The average Bonchev–Trinajstić information content (AvgIpc) is 2.47. The van der Waals surface area contributed by atoms with Gasteiger partial charge >= 0.3 is 0 Å². The highest BCUT2D eigenvalue weighted by Crippen LogP contribution is 2.62. The van der Waals surface area contributed by atoms with E-state index in [4.69, 9.17) is 5.84 Å². The summed E-state index contributed by atoms with van der Waals surface area (Å²) in [4.78, 5) is 0. The number of fused-ring (bicyclic) bond motifs is 2. The van der Waals surface area contributed by atoms with Gasteiger partial charge in [0.1, 0.15) is 0 Å². The molecule has 0 saturated heterocycles. The maximum absolute atomic E-state index is 6.73. The molecule has 0 bridgehead atoms. The topological polar surface area (TPSA) is 29.3 Å². The first-order valence-corrected chi connectivity index (χ1v) is 9.15. The van der Waals surface area contributed by atoms with Gasteiger partial charge in [0.25, 0.3) is 0 Å². The predicted molar refractivity (Wildman–Crippen MR) is 99.8 cm³/mol. The number of nitrogens with two attached hydrogens (primary N) is 1. The molecule has 1 fully saturated rings. The van der Waals surface area contributed by atoms with Crippen molar-refractivity contribution in [1.29, 1.82) is 0 Å². The number of hydrazine groups is 1. The largest absolute Gasteiger partial charge is 0.304 e. The number of benzene rings is 1. The number of hydrogen-bond donors (Lipinski definition) is 1. The molecule has 2 atom stereocenters. The van der Waals surface area contributed by atoms with E-state index in [1.807, 2.05) is 0 Å². The number of nitrogens with zero attached hydrogens (tertiary/aromatic N) is 1. The summed E-state index contributed by atoms with van der Waals surface area (Å²) in [6, 6.07) is 6.95. The SMILES string of the molecule is CC(C)(C)c1ccc2c(c1)C(C)(C)C1(C)CCCCC1(C)N2N. The Morgan fingerprint density at radius 1 is 1.00 bits per heavy atom. The molecular weight excluding hydrogens is 280 g/mol. The Hall–Kier alpha value is -1.02. The molecule has 1 saturated carbocycles. The fraction of sp³-hybridized carbons (Fsp3) is 0.714. The first kappa shape index (κ1) is 16.8. The second-order valence-electron chi connectivity index (χ2n) is 9.79. The van der Waals surface area contributed by atoms with Gasteiger partial charge < -0.3 is 5.01 Å². The summed E-state index contributed by atoms with van der Waals surface area (Å²) in [6.45, 7) is 16.6. The number of rotatable bonds is 0. The van der Waals surface area contributed by atoms with Crippen LogP contribution in [0.5, 0.6) is 0 Å². The summed E-state index contributed by atoms with van der Waals surface area (Å²) in [6.07, 6.45) is 5.04. The van der Waals surface area contributed by atoms with E-state index < -0.39 is 0 Å². The van der Waals surface area contributed by atoms with E-state index in [1.54, 1.807) is 0 Å². The monoisotopic (exact) mass is 314 g/mol. The van der Waals surface area contributed by atoms with Crippen LogP contribution in [-0.4, -0.2) is 5.54 Å². The molecule has 0 aromatic heterocycles. The molecule has 2 N–H and O–H groups in total. The van der Waals surface area contributed by atoms with Crippen LogP contribution in [0.25, 0.3) is 0 Å². The summed E-state index contributed by atoms with van der Waals surface area (Å²) in [5, 5.41) is 2.11. The second-order valence-corrected chi connectivity index (χ2v) is 9.79. The Bertz CT molecular complexity index is 625. The lowest BCUT2D eigenvalue weighted by Gasteiger charge is -2.65. The minimum atomic E-state index is 0.0327. The number of anilines is 1. The van der Waals surface area contributed by atoms with Crippen LogP contribution in [0.3, 0.4) is 0 Å². The molecular formula is C21H34N2. The maximum atomic E-state index is 6.73. The molecule has 2 aliphatic rings. The molecule has 128 valence electrons. The number of hydrogen-bond acceptors (Lipinski definition) is 2. The lowest BCUT2D eigenvalue weighted by molar-refractivity contribution is 0.00347. The van der Waals surface area contributed by atoms with Gasteiger partial charge in [0.15, 0.2) is 0 Å². The third-order valence-corrected chi connectivity index (χ3v) is 7.49. The van der Waals surface area contributed by atoms with Crippen molar-refractivity contribution >= 4 is 5.69 Å². The molecule has 23 heavy (non-hydrogen) atoms. The summed E-state index contributed by atoms with van der Waals surface area (Å²) >= 11 is 0. The molecule has 1 heterocycles. The standard InChI is InChI=1S/C21H34N2/c1-18(2,3)15-10-11-17-16(14-15)19(4,5)20(6)12-8-9-13-21(20,7)23(17)22/h10-11,14H,8-9,12-13,22H2,1-7H3. The summed E-state index contributed by atoms with van der Waals surface area (Å²) < 4.78 is 0. The third-order valence-electron chi connectivity index (χ3n) is 7.49. The van der Waals surface area contributed by atoms with Gasteiger partial charge in [-0.15, -0.1) is 0 Å². The molecule has 1 aromatic carbocycles. The fourth-order valence-corrected chi connectivity index (χ4v) is 5.14. The zero-order valence-electron chi connectivity index (χ0n) is 16.1. The van der Waals surface area contributed by atoms with E-state index in [0.717, 1.165) is 0 Å². The van der Waals surface area contributed by atoms with Crippen LogP contribution in [-0.2, 0) is 10.8 Å². The van der Waals surface area contributed by atoms with Crippen molar-refractivity contribution in [1.82, 2.24) is 0 Å². The van der Waals surface area contributed by atoms with Crippen molar-refractivity contribution in [2.45, 2.75) is 90.5 Å². The molecule has 2 nitrogen and oxygen atoms in total. The van der Waals surface area contributed by atoms with Crippen LogP contribution in [0.1, 0.15) is 85.3 Å². The van der Waals surface area contributed by atoms with Crippen molar-refractivity contribution in [2.24, 2.45) is 11.3 Å². The van der Waals surface area contributed by atoms with Crippen molar-refractivity contribution in [2.75, 3.05) is 5.01 Å². The minimum Gasteiger partial charge on any atom is -0.304 e. The molecule has 0 radical (unpaired) electrons. The Labute approximate surface area is 142 Å². The lowest BCUT2D eigenvalue weighted by atomic mass is 9.47. The predicted octanol–water partition coefficient (Wildman–Crippen LogP) is 5.29. The molecule has 2 unspecified atom stereocenters. The highest BCUT2D eigenvalue weighted by molar-refractivity contribution is 5.63. The average molecular weight is 315 g/mol. The van der Waals surface area contributed by atoms with Crippen molar-refractivity contribution in [3.8, 4) is 0 Å². The smallest absolute Gasteiger partial charge is 0.0595 e. The van der Waals surface area contributed by atoms with Crippen LogP contribution in [0.15, 0.2) is 18.2 Å². The second kappa shape index (κ2) is 4.75. The Kier molecular flexibility index (Phi) is 3.48. The van der Waals surface area contributed by atoms with E-state index in [0.29, 0.717) is 0 Å². The van der Waals surface area contributed by atoms with E-state index in [-0.39, 0.29) is 21.8 Å². The molecule has 2 heteroatoms. The van der Waals surface area contributed by atoms with Gasteiger partial charge in [-0.1, -0.05) is 66.5 Å². The van der Waals surface area contributed by atoms with Crippen molar-refractivity contribution < 1.29 is 0 Å². The van der Waals surface area contributed by atoms with E-state index >= 15 is 0 Å². The third kappa shape index (κ3) is 2.03. The van der Waals surface area contributed by atoms with E-state index in [9.17, 15) is 0 Å². The van der Waals surface area contributed by atoms with Crippen LogP contribution >= 0.6 is 0 Å². The highest BCUT2D eigenvalue weighted by Gasteiger charge is 2.61. The zero-order chi connectivity index (χ0) is 17.3. The highest BCUT2D eigenvalue weighted by atomic mass is 15.5. The van der Waals surface area contributed by atoms with Crippen LogP contribution in [0, 0.1) is 5.41 Å².